The maximum absolute atomic E-state index is 12.5. The fourth-order valence-corrected chi connectivity index (χ4v) is 3.68. The van der Waals surface area contributed by atoms with Crippen LogP contribution < -0.4 is 0 Å². The first-order valence-corrected chi connectivity index (χ1v) is 8.81. The number of ketones is 1. The smallest absolute Gasteiger partial charge is 0.410 e. The highest BCUT2D eigenvalue weighted by Crippen LogP contribution is 2.38. The largest absolute Gasteiger partial charge is 0.444 e. The zero-order valence-corrected chi connectivity index (χ0v) is 14.9. The Morgan fingerprint density at radius 2 is 1.74 bits per heavy atom. The van der Waals surface area contributed by atoms with Crippen LogP contribution in [0.2, 0.25) is 0 Å². The summed E-state index contributed by atoms with van der Waals surface area (Å²) in [6.45, 7) is 7.66. The summed E-state index contributed by atoms with van der Waals surface area (Å²) < 4.78 is 5.57. The Hall–Kier alpha value is -1.50. The number of piperidine rings is 2. The van der Waals surface area contributed by atoms with Gasteiger partial charge in [-0.25, -0.2) is 4.79 Å². The Balaban J connectivity index is 2.03. The van der Waals surface area contributed by atoms with Crippen LogP contribution in [0.25, 0.3) is 0 Å². The average molecular weight is 319 g/mol. The van der Waals surface area contributed by atoms with Crippen molar-refractivity contribution in [2.45, 2.75) is 90.3 Å². The second-order valence-corrected chi connectivity index (χ2v) is 7.64. The van der Waals surface area contributed by atoms with Crippen LogP contribution >= 0.6 is 0 Å². The van der Waals surface area contributed by atoms with Gasteiger partial charge in [0.25, 0.3) is 0 Å². The van der Waals surface area contributed by atoms with E-state index in [4.69, 9.17) is 4.74 Å². The molecule has 2 unspecified atom stereocenters. The molecule has 128 valence electrons. The van der Waals surface area contributed by atoms with Gasteiger partial charge in [0.2, 0.25) is 0 Å². The molecule has 2 bridgehead atoms. The molecule has 2 rings (SSSR count). The van der Waals surface area contributed by atoms with E-state index < -0.39 is 5.60 Å². The van der Waals surface area contributed by atoms with Gasteiger partial charge in [-0.1, -0.05) is 12.8 Å². The summed E-state index contributed by atoms with van der Waals surface area (Å²) in [6.07, 6.45) is 5.53. The Morgan fingerprint density at radius 3 is 2.26 bits per heavy atom. The summed E-state index contributed by atoms with van der Waals surface area (Å²) in [7, 11) is 0. The van der Waals surface area contributed by atoms with Gasteiger partial charge in [-0.15, -0.1) is 5.92 Å². The van der Waals surface area contributed by atoms with Gasteiger partial charge in [0.1, 0.15) is 11.4 Å². The maximum Gasteiger partial charge on any atom is 0.410 e. The summed E-state index contributed by atoms with van der Waals surface area (Å²) in [5.41, 5.74) is -0.478. The molecule has 2 saturated heterocycles. The number of hydrogen-bond donors (Lipinski definition) is 0. The van der Waals surface area contributed by atoms with Gasteiger partial charge in [-0.3, -0.25) is 4.79 Å². The predicted octanol–water partition coefficient (Wildman–Crippen LogP) is 3.93. The second-order valence-electron chi connectivity index (χ2n) is 7.64. The van der Waals surface area contributed by atoms with E-state index in [0.717, 1.165) is 38.5 Å². The van der Waals surface area contributed by atoms with Crippen LogP contribution in [-0.4, -0.2) is 34.5 Å². The molecule has 2 aliphatic rings. The number of fused-ring (bicyclic) bond motifs is 2. The van der Waals surface area contributed by atoms with Crippen molar-refractivity contribution in [3.8, 4) is 11.8 Å². The Morgan fingerprint density at radius 1 is 1.13 bits per heavy atom. The third-order valence-electron chi connectivity index (χ3n) is 4.60. The zero-order valence-electron chi connectivity index (χ0n) is 14.9. The highest BCUT2D eigenvalue weighted by atomic mass is 16.6. The van der Waals surface area contributed by atoms with Crippen LogP contribution in [0.4, 0.5) is 4.79 Å². The van der Waals surface area contributed by atoms with Crippen LogP contribution in [0.3, 0.4) is 0 Å². The summed E-state index contributed by atoms with van der Waals surface area (Å²) in [4.78, 5) is 26.8. The third-order valence-corrected chi connectivity index (χ3v) is 4.60. The van der Waals surface area contributed by atoms with Crippen molar-refractivity contribution in [3.63, 3.8) is 0 Å². The van der Waals surface area contributed by atoms with Crippen molar-refractivity contribution in [1.82, 2.24) is 4.90 Å². The van der Waals surface area contributed by atoms with Gasteiger partial charge in [-0.2, -0.15) is 0 Å². The lowest BCUT2D eigenvalue weighted by Gasteiger charge is -2.48. The number of ether oxygens (including phenoxy) is 1. The first-order valence-electron chi connectivity index (χ1n) is 8.81. The number of nitrogens with zero attached hydrogens (tertiary/aromatic N) is 1. The molecule has 4 nitrogen and oxygen atoms in total. The Bertz CT molecular complexity index is 495. The molecule has 0 spiro atoms. The first kappa shape index (κ1) is 17.8. The monoisotopic (exact) mass is 319 g/mol. The highest BCUT2D eigenvalue weighted by molar-refractivity contribution is 5.83. The lowest BCUT2D eigenvalue weighted by Crippen LogP contribution is -2.56. The topological polar surface area (TPSA) is 46.6 Å². The van der Waals surface area contributed by atoms with Gasteiger partial charge in [0, 0.05) is 24.4 Å². The molecule has 0 saturated carbocycles. The van der Waals surface area contributed by atoms with Crippen molar-refractivity contribution in [2.75, 3.05) is 0 Å². The number of amides is 1. The van der Waals surface area contributed by atoms with Gasteiger partial charge in [0.15, 0.2) is 0 Å². The zero-order chi connectivity index (χ0) is 17.0. The summed E-state index contributed by atoms with van der Waals surface area (Å²) in [6, 6.07) is 0.288. The van der Waals surface area contributed by atoms with Crippen molar-refractivity contribution in [3.05, 3.63) is 0 Å². The van der Waals surface area contributed by atoms with Crippen molar-refractivity contribution in [2.24, 2.45) is 5.92 Å². The predicted molar refractivity (Wildman–Crippen MR) is 89.9 cm³/mol. The molecule has 0 aromatic rings. The van der Waals surface area contributed by atoms with E-state index >= 15 is 0 Å². The molecule has 23 heavy (non-hydrogen) atoms. The minimum atomic E-state index is -0.478. The van der Waals surface area contributed by atoms with E-state index in [2.05, 4.69) is 11.8 Å². The van der Waals surface area contributed by atoms with Crippen LogP contribution in [0.1, 0.15) is 72.6 Å². The highest BCUT2D eigenvalue weighted by Gasteiger charge is 2.43. The fourth-order valence-electron chi connectivity index (χ4n) is 3.68. The summed E-state index contributed by atoms with van der Waals surface area (Å²) >= 11 is 0. The van der Waals surface area contributed by atoms with Crippen LogP contribution in [0.15, 0.2) is 0 Å². The van der Waals surface area contributed by atoms with Crippen molar-refractivity contribution >= 4 is 11.9 Å². The fraction of sp³-hybridized carbons (Fsp3) is 0.789. The van der Waals surface area contributed by atoms with E-state index in [9.17, 15) is 9.59 Å². The SMILES string of the molecule is CCC#CCC(=O)C1CC2CCCC(C1)N2C(=O)OC(C)(C)C. The maximum atomic E-state index is 12.5. The third kappa shape index (κ3) is 4.73. The van der Waals surface area contributed by atoms with E-state index in [1.807, 2.05) is 32.6 Å². The molecule has 2 aliphatic heterocycles. The van der Waals surface area contributed by atoms with E-state index in [1.54, 1.807) is 0 Å². The molecule has 0 N–H and O–H groups in total. The van der Waals surface area contributed by atoms with Gasteiger partial charge < -0.3 is 9.64 Å². The van der Waals surface area contributed by atoms with E-state index in [-0.39, 0.29) is 29.9 Å². The van der Waals surface area contributed by atoms with Gasteiger partial charge in [0.05, 0.1) is 6.42 Å². The molecular formula is C19H29NO3. The lowest BCUT2D eigenvalue weighted by atomic mass is 9.76. The number of carbonyl (C=O) groups is 2. The molecule has 4 heteroatoms. The lowest BCUT2D eigenvalue weighted by molar-refractivity contribution is -0.126. The minimum absolute atomic E-state index is 0.0511. The quantitative estimate of drug-likeness (QED) is 0.725. The number of rotatable bonds is 2. The molecule has 0 aliphatic carbocycles. The Labute approximate surface area is 139 Å². The molecule has 2 heterocycles. The molecule has 0 radical (unpaired) electrons. The van der Waals surface area contributed by atoms with Crippen LogP contribution in [0.5, 0.6) is 0 Å². The molecule has 1 amide bonds. The molecule has 2 fully saturated rings. The average Bonchev–Trinajstić information content (AvgIpc) is 2.44. The first-order chi connectivity index (χ1) is 10.8. The van der Waals surface area contributed by atoms with Crippen molar-refractivity contribution in [1.29, 1.82) is 0 Å². The normalized spacial score (nSPS) is 27.0. The Kier molecular flexibility index (Phi) is 5.73. The number of carbonyl (C=O) groups excluding carboxylic acids is 2. The molecule has 2 atom stereocenters. The van der Waals surface area contributed by atoms with E-state index in [1.165, 1.54) is 0 Å². The minimum Gasteiger partial charge on any atom is -0.444 e. The molecule has 0 aromatic heterocycles. The van der Waals surface area contributed by atoms with Crippen LogP contribution in [0, 0.1) is 17.8 Å². The van der Waals surface area contributed by atoms with E-state index in [0.29, 0.717) is 6.42 Å². The summed E-state index contributed by atoms with van der Waals surface area (Å²) in [5, 5.41) is 0. The molecule has 0 aromatic carbocycles. The summed E-state index contributed by atoms with van der Waals surface area (Å²) in [5.74, 6) is 6.22. The van der Waals surface area contributed by atoms with Gasteiger partial charge >= 0.3 is 6.09 Å². The number of Topliss-reactive ketones (excluding diaryl/α,β-unsaturated/α-hetero) is 1. The number of hydrogen-bond acceptors (Lipinski definition) is 3. The molecular weight excluding hydrogens is 290 g/mol. The standard InChI is InChI=1S/C19H29NO3/c1-5-6-7-11-17(21)14-12-15-9-8-10-16(13-14)20(15)18(22)23-19(2,3)4/h14-16H,5,8-13H2,1-4H3. The van der Waals surface area contributed by atoms with Crippen molar-refractivity contribution < 1.29 is 14.3 Å². The van der Waals surface area contributed by atoms with Crippen LogP contribution in [-0.2, 0) is 9.53 Å². The second kappa shape index (κ2) is 7.38. The van der Waals surface area contributed by atoms with Gasteiger partial charge in [-0.05, 0) is 52.9 Å².